The number of aliphatic imine (C=N–C) groups is 1. The zero-order chi connectivity index (χ0) is 9.54. The fourth-order valence-electron chi connectivity index (χ4n) is 3.30. The number of nitrogens with one attached hydrogen (secondary N) is 1. The Hall–Kier alpha value is -0.790. The molecule has 2 nitrogen and oxygen atoms in total. The molecule has 1 aliphatic carbocycles. The van der Waals surface area contributed by atoms with Crippen LogP contribution >= 0.6 is 0 Å². The van der Waals surface area contributed by atoms with Gasteiger partial charge in [-0.15, -0.1) is 0 Å². The number of fused-ring (bicyclic) bond motifs is 2. The van der Waals surface area contributed by atoms with Gasteiger partial charge in [-0.2, -0.15) is 0 Å². The summed E-state index contributed by atoms with van der Waals surface area (Å²) in [5.74, 6) is 2.27. The SMILES string of the molecule is CC1C2=CNCC2CC2=NCCCC21. The minimum Gasteiger partial charge on any atom is -0.390 e. The van der Waals surface area contributed by atoms with Gasteiger partial charge in [-0.25, -0.2) is 0 Å². The molecule has 0 radical (unpaired) electrons. The minimum atomic E-state index is 0.739. The highest BCUT2D eigenvalue weighted by Crippen LogP contribution is 2.41. The third-order valence-corrected chi connectivity index (χ3v) is 4.11. The lowest BCUT2D eigenvalue weighted by Crippen LogP contribution is -2.36. The second kappa shape index (κ2) is 3.11. The van der Waals surface area contributed by atoms with Crippen LogP contribution in [0.25, 0.3) is 0 Å². The van der Waals surface area contributed by atoms with E-state index in [1.807, 2.05) is 0 Å². The van der Waals surface area contributed by atoms with Crippen molar-refractivity contribution in [3.05, 3.63) is 11.8 Å². The number of hydrogen-bond donors (Lipinski definition) is 1. The molecule has 1 saturated carbocycles. The Morgan fingerprint density at radius 3 is 3.36 bits per heavy atom. The Balaban J connectivity index is 1.93. The molecule has 3 unspecified atom stereocenters. The van der Waals surface area contributed by atoms with Crippen molar-refractivity contribution in [2.75, 3.05) is 13.1 Å². The van der Waals surface area contributed by atoms with Crippen molar-refractivity contribution in [2.24, 2.45) is 22.7 Å². The fourth-order valence-corrected chi connectivity index (χ4v) is 3.30. The lowest BCUT2D eigenvalue weighted by molar-refractivity contribution is 0.385. The fraction of sp³-hybridized carbons (Fsp3) is 0.750. The predicted molar refractivity (Wildman–Crippen MR) is 58.4 cm³/mol. The summed E-state index contributed by atoms with van der Waals surface area (Å²) in [5, 5.41) is 3.39. The Labute approximate surface area is 85.5 Å². The Morgan fingerprint density at radius 1 is 1.50 bits per heavy atom. The van der Waals surface area contributed by atoms with Gasteiger partial charge in [0.15, 0.2) is 0 Å². The van der Waals surface area contributed by atoms with Crippen molar-refractivity contribution in [1.82, 2.24) is 5.32 Å². The van der Waals surface area contributed by atoms with Crippen LogP contribution in [0.2, 0.25) is 0 Å². The van der Waals surface area contributed by atoms with Crippen molar-refractivity contribution in [2.45, 2.75) is 26.2 Å². The monoisotopic (exact) mass is 190 g/mol. The number of nitrogens with zero attached hydrogens (tertiary/aromatic N) is 1. The van der Waals surface area contributed by atoms with Crippen LogP contribution in [0.1, 0.15) is 26.2 Å². The van der Waals surface area contributed by atoms with E-state index in [4.69, 9.17) is 4.99 Å². The summed E-state index contributed by atoms with van der Waals surface area (Å²) in [6.45, 7) is 4.61. The summed E-state index contributed by atoms with van der Waals surface area (Å²) >= 11 is 0. The summed E-state index contributed by atoms with van der Waals surface area (Å²) in [7, 11) is 0. The molecule has 14 heavy (non-hydrogen) atoms. The molecule has 0 aromatic rings. The molecule has 0 aromatic carbocycles. The highest BCUT2D eigenvalue weighted by molar-refractivity contribution is 5.89. The van der Waals surface area contributed by atoms with Gasteiger partial charge in [-0.05, 0) is 37.0 Å². The van der Waals surface area contributed by atoms with Crippen LogP contribution in [0.5, 0.6) is 0 Å². The molecule has 1 N–H and O–H groups in total. The zero-order valence-electron chi connectivity index (χ0n) is 8.79. The Kier molecular flexibility index (Phi) is 1.89. The van der Waals surface area contributed by atoms with Gasteiger partial charge >= 0.3 is 0 Å². The molecular weight excluding hydrogens is 172 g/mol. The number of rotatable bonds is 0. The molecule has 2 heteroatoms. The van der Waals surface area contributed by atoms with Gasteiger partial charge in [0.05, 0.1) is 0 Å². The molecular formula is C12H18N2. The van der Waals surface area contributed by atoms with Crippen LogP contribution in [0.4, 0.5) is 0 Å². The zero-order valence-corrected chi connectivity index (χ0v) is 8.79. The van der Waals surface area contributed by atoms with E-state index in [-0.39, 0.29) is 0 Å². The molecule has 3 rings (SSSR count). The van der Waals surface area contributed by atoms with E-state index >= 15 is 0 Å². The second-order valence-corrected chi connectivity index (χ2v) is 4.86. The van der Waals surface area contributed by atoms with E-state index < -0.39 is 0 Å². The number of hydrogen-bond acceptors (Lipinski definition) is 2. The topological polar surface area (TPSA) is 24.4 Å². The lowest BCUT2D eigenvalue weighted by atomic mass is 9.69. The maximum Gasteiger partial charge on any atom is 0.0389 e. The van der Waals surface area contributed by atoms with Crippen LogP contribution in [-0.4, -0.2) is 18.8 Å². The van der Waals surface area contributed by atoms with Gasteiger partial charge in [0.1, 0.15) is 0 Å². The maximum absolute atomic E-state index is 4.72. The van der Waals surface area contributed by atoms with Crippen molar-refractivity contribution in [3.63, 3.8) is 0 Å². The third kappa shape index (κ3) is 1.13. The van der Waals surface area contributed by atoms with E-state index in [1.54, 1.807) is 5.57 Å². The van der Waals surface area contributed by atoms with Crippen molar-refractivity contribution in [1.29, 1.82) is 0 Å². The van der Waals surface area contributed by atoms with Crippen LogP contribution in [0.15, 0.2) is 16.8 Å². The lowest BCUT2D eigenvalue weighted by Gasteiger charge is -2.37. The molecule has 2 aliphatic heterocycles. The summed E-state index contributed by atoms with van der Waals surface area (Å²) in [6, 6.07) is 0. The molecule has 76 valence electrons. The molecule has 1 fully saturated rings. The molecule has 2 heterocycles. The Bertz CT molecular complexity index is 303. The second-order valence-electron chi connectivity index (χ2n) is 4.86. The van der Waals surface area contributed by atoms with E-state index in [0.29, 0.717) is 0 Å². The van der Waals surface area contributed by atoms with Crippen molar-refractivity contribution < 1.29 is 0 Å². The van der Waals surface area contributed by atoms with Crippen molar-refractivity contribution in [3.8, 4) is 0 Å². The first-order chi connectivity index (χ1) is 6.86. The van der Waals surface area contributed by atoms with Gasteiger partial charge in [-0.3, -0.25) is 4.99 Å². The van der Waals surface area contributed by atoms with E-state index in [2.05, 4.69) is 18.4 Å². The molecule has 3 aliphatic rings. The quantitative estimate of drug-likeness (QED) is 0.620. The smallest absolute Gasteiger partial charge is 0.0389 e. The molecule has 0 saturated heterocycles. The standard InChI is InChI=1S/C12H18N2/c1-8-10-3-2-4-14-12(10)5-9-6-13-7-11(8)9/h7-10,13H,2-6H2,1H3. The summed E-state index contributed by atoms with van der Waals surface area (Å²) in [4.78, 5) is 4.72. The predicted octanol–water partition coefficient (Wildman–Crippen LogP) is 1.98. The third-order valence-electron chi connectivity index (χ3n) is 4.11. The van der Waals surface area contributed by atoms with Crippen molar-refractivity contribution >= 4 is 5.71 Å². The minimum absolute atomic E-state index is 0.739. The van der Waals surface area contributed by atoms with Crippen LogP contribution in [0.3, 0.4) is 0 Å². The van der Waals surface area contributed by atoms with Crippen LogP contribution in [0, 0.1) is 17.8 Å². The largest absolute Gasteiger partial charge is 0.390 e. The molecule has 0 amide bonds. The first kappa shape index (κ1) is 8.51. The van der Waals surface area contributed by atoms with Gasteiger partial charge in [0.25, 0.3) is 0 Å². The van der Waals surface area contributed by atoms with Crippen LogP contribution in [-0.2, 0) is 0 Å². The first-order valence-electron chi connectivity index (χ1n) is 5.83. The summed E-state index contributed by atoms with van der Waals surface area (Å²) in [5.41, 5.74) is 3.19. The molecule has 3 atom stereocenters. The van der Waals surface area contributed by atoms with Gasteiger partial charge in [0, 0.05) is 30.6 Å². The van der Waals surface area contributed by atoms with E-state index in [9.17, 15) is 0 Å². The van der Waals surface area contributed by atoms with Gasteiger partial charge < -0.3 is 5.32 Å². The van der Waals surface area contributed by atoms with Crippen LogP contribution < -0.4 is 5.32 Å². The average molecular weight is 190 g/mol. The average Bonchev–Trinajstić information content (AvgIpc) is 2.66. The van der Waals surface area contributed by atoms with E-state index in [1.165, 1.54) is 25.0 Å². The summed E-state index contributed by atoms with van der Waals surface area (Å²) in [6.07, 6.45) is 6.16. The van der Waals surface area contributed by atoms with E-state index in [0.717, 1.165) is 30.8 Å². The normalized spacial score (nSPS) is 40.5. The Morgan fingerprint density at radius 2 is 2.43 bits per heavy atom. The maximum atomic E-state index is 4.72. The first-order valence-corrected chi connectivity index (χ1v) is 5.83. The molecule has 0 bridgehead atoms. The van der Waals surface area contributed by atoms with Gasteiger partial charge in [0.2, 0.25) is 0 Å². The van der Waals surface area contributed by atoms with Gasteiger partial charge in [-0.1, -0.05) is 6.92 Å². The molecule has 0 aromatic heterocycles. The summed E-state index contributed by atoms with van der Waals surface area (Å²) < 4.78 is 0. The highest BCUT2D eigenvalue weighted by atomic mass is 14.9. The highest BCUT2D eigenvalue weighted by Gasteiger charge is 2.38. The molecule has 0 spiro atoms.